The quantitative estimate of drug-likeness (QED) is 0.360. The van der Waals surface area contributed by atoms with Crippen LogP contribution in [0, 0.1) is 11.3 Å². The van der Waals surface area contributed by atoms with Crippen molar-refractivity contribution in [1.29, 1.82) is 0 Å². The van der Waals surface area contributed by atoms with E-state index in [1.165, 1.54) is 6.42 Å². The van der Waals surface area contributed by atoms with Crippen LogP contribution in [0.2, 0.25) is 0 Å². The third-order valence-electron chi connectivity index (χ3n) is 5.99. The first-order chi connectivity index (χ1) is 10.5. The van der Waals surface area contributed by atoms with Crippen LogP contribution in [0.4, 0.5) is 0 Å². The predicted molar refractivity (Wildman–Crippen MR) is 103 cm³/mol. The summed E-state index contributed by atoms with van der Waals surface area (Å²) in [6, 6.07) is 0.396. The monoisotopic (exact) mass is 437 g/mol. The van der Waals surface area contributed by atoms with E-state index in [2.05, 4.69) is 29.5 Å². The Morgan fingerprint density at radius 3 is 2.61 bits per heavy atom. The molecule has 0 aromatic rings. The number of aliphatic imine (C=N–C) groups is 1. The predicted octanol–water partition coefficient (Wildman–Crippen LogP) is 2.28. The van der Waals surface area contributed by atoms with E-state index in [1.807, 2.05) is 0 Å². The minimum atomic E-state index is -0.565. The lowest BCUT2D eigenvalue weighted by Crippen LogP contribution is -2.68. The summed E-state index contributed by atoms with van der Waals surface area (Å²) >= 11 is 0. The van der Waals surface area contributed by atoms with E-state index in [-0.39, 0.29) is 29.4 Å². The standard InChI is InChI=1S/C17H31N3O2.HI/c1-16(2)13(12-7-10-22-14(12)16)20-15(18-3)19-11-17(21)8-5-4-6-9-17;/h12-14,21H,4-11H2,1-3H3,(H2,18,19,20);1H. The lowest BCUT2D eigenvalue weighted by molar-refractivity contribution is -0.107. The molecule has 2 aliphatic carbocycles. The van der Waals surface area contributed by atoms with Gasteiger partial charge in [-0.3, -0.25) is 4.99 Å². The number of halogens is 1. The molecule has 0 aromatic carbocycles. The fourth-order valence-electron chi connectivity index (χ4n) is 4.59. The molecule has 3 aliphatic rings. The number of fused-ring (bicyclic) bond motifs is 1. The molecule has 2 saturated carbocycles. The fourth-order valence-corrected chi connectivity index (χ4v) is 4.59. The molecule has 23 heavy (non-hydrogen) atoms. The largest absolute Gasteiger partial charge is 0.388 e. The molecule has 0 aromatic heterocycles. The van der Waals surface area contributed by atoms with Gasteiger partial charge in [-0.2, -0.15) is 0 Å². The smallest absolute Gasteiger partial charge is 0.191 e. The van der Waals surface area contributed by atoms with Gasteiger partial charge < -0.3 is 20.5 Å². The summed E-state index contributed by atoms with van der Waals surface area (Å²) in [5.74, 6) is 1.40. The van der Waals surface area contributed by atoms with Crippen LogP contribution in [0.3, 0.4) is 0 Å². The summed E-state index contributed by atoms with van der Waals surface area (Å²) in [5, 5.41) is 17.5. The molecule has 3 fully saturated rings. The lowest BCUT2D eigenvalue weighted by atomic mass is 9.57. The third kappa shape index (κ3) is 3.79. The van der Waals surface area contributed by atoms with E-state index in [9.17, 15) is 5.11 Å². The summed E-state index contributed by atoms with van der Waals surface area (Å²) < 4.78 is 5.84. The third-order valence-corrected chi connectivity index (χ3v) is 5.99. The number of hydrogen-bond acceptors (Lipinski definition) is 3. The zero-order valence-corrected chi connectivity index (χ0v) is 16.9. The van der Waals surface area contributed by atoms with Crippen molar-refractivity contribution in [2.75, 3.05) is 20.2 Å². The van der Waals surface area contributed by atoms with Crippen molar-refractivity contribution in [3.05, 3.63) is 0 Å². The molecular weight excluding hydrogens is 405 g/mol. The summed E-state index contributed by atoms with van der Waals surface area (Å²) in [6.07, 6.45) is 6.80. The van der Waals surface area contributed by atoms with Gasteiger partial charge in [0, 0.05) is 37.6 Å². The Hall–Kier alpha value is -0.0800. The van der Waals surface area contributed by atoms with Crippen LogP contribution in [0.25, 0.3) is 0 Å². The highest BCUT2D eigenvalue weighted by molar-refractivity contribution is 14.0. The van der Waals surface area contributed by atoms with Gasteiger partial charge >= 0.3 is 0 Å². The second-order valence-corrected chi connectivity index (χ2v) is 7.90. The molecule has 0 bridgehead atoms. The van der Waals surface area contributed by atoms with E-state index in [1.54, 1.807) is 7.05 Å². The maximum Gasteiger partial charge on any atom is 0.191 e. The zero-order valence-electron chi connectivity index (χ0n) is 14.6. The van der Waals surface area contributed by atoms with Crippen molar-refractivity contribution < 1.29 is 9.84 Å². The molecule has 134 valence electrons. The number of nitrogens with zero attached hydrogens (tertiary/aromatic N) is 1. The summed E-state index contributed by atoms with van der Waals surface area (Å²) in [7, 11) is 1.80. The van der Waals surface area contributed by atoms with Gasteiger partial charge in [-0.15, -0.1) is 24.0 Å². The number of aliphatic hydroxyl groups is 1. The van der Waals surface area contributed by atoms with E-state index in [0.717, 1.165) is 44.7 Å². The van der Waals surface area contributed by atoms with Gasteiger partial charge in [-0.05, 0) is 19.3 Å². The summed E-state index contributed by atoms with van der Waals surface area (Å²) in [4.78, 5) is 4.35. The van der Waals surface area contributed by atoms with E-state index in [0.29, 0.717) is 24.6 Å². The molecule has 1 aliphatic heterocycles. The zero-order chi connectivity index (χ0) is 15.8. The Morgan fingerprint density at radius 1 is 1.26 bits per heavy atom. The van der Waals surface area contributed by atoms with Crippen molar-refractivity contribution in [1.82, 2.24) is 10.6 Å². The van der Waals surface area contributed by atoms with Crippen molar-refractivity contribution in [2.24, 2.45) is 16.3 Å². The van der Waals surface area contributed by atoms with Crippen molar-refractivity contribution in [3.63, 3.8) is 0 Å². The van der Waals surface area contributed by atoms with Crippen LogP contribution in [0.15, 0.2) is 4.99 Å². The highest BCUT2D eigenvalue weighted by Crippen LogP contribution is 2.52. The molecule has 3 rings (SSSR count). The van der Waals surface area contributed by atoms with E-state index < -0.39 is 5.60 Å². The van der Waals surface area contributed by atoms with Crippen molar-refractivity contribution in [3.8, 4) is 0 Å². The number of guanidine groups is 1. The molecule has 1 saturated heterocycles. The first kappa shape index (κ1) is 19.2. The molecule has 3 atom stereocenters. The van der Waals surface area contributed by atoms with Gasteiger partial charge in [0.15, 0.2) is 5.96 Å². The van der Waals surface area contributed by atoms with Crippen LogP contribution in [0.5, 0.6) is 0 Å². The van der Waals surface area contributed by atoms with Gasteiger partial charge in [0.1, 0.15) is 0 Å². The highest BCUT2D eigenvalue weighted by Gasteiger charge is 2.59. The van der Waals surface area contributed by atoms with Crippen LogP contribution in [-0.4, -0.2) is 49.0 Å². The average Bonchev–Trinajstić information content (AvgIpc) is 2.95. The Morgan fingerprint density at radius 2 is 1.96 bits per heavy atom. The molecule has 0 radical (unpaired) electrons. The van der Waals surface area contributed by atoms with Gasteiger partial charge in [0.2, 0.25) is 0 Å². The normalized spacial score (nSPS) is 34.8. The van der Waals surface area contributed by atoms with Gasteiger partial charge in [-0.25, -0.2) is 0 Å². The minimum Gasteiger partial charge on any atom is -0.388 e. The van der Waals surface area contributed by atoms with Gasteiger partial charge in [-0.1, -0.05) is 33.1 Å². The second kappa shape index (κ2) is 7.44. The molecule has 3 unspecified atom stereocenters. The SMILES string of the molecule is CN=C(NCC1(O)CCCCC1)NC1C2CCOC2C1(C)C.I. The summed E-state index contributed by atoms with van der Waals surface area (Å²) in [5.41, 5.74) is -0.426. The van der Waals surface area contributed by atoms with E-state index >= 15 is 0 Å². The molecule has 1 heterocycles. The van der Waals surface area contributed by atoms with Crippen LogP contribution >= 0.6 is 24.0 Å². The molecule has 5 nitrogen and oxygen atoms in total. The number of rotatable bonds is 3. The van der Waals surface area contributed by atoms with Crippen LogP contribution in [0.1, 0.15) is 52.4 Å². The molecule has 6 heteroatoms. The van der Waals surface area contributed by atoms with Gasteiger partial charge in [0.05, 0.1) is 11.7 Å². The maximum absolute atomic E-state index is 10.6. The second-order valence-electron chi connectivity index (χ2n) is 7.90. The highest BCUT2D eigenvalue weighted by atomic mass is 127. The molecular formula is C17H32IN3O2. The number of ether oxygens (including phenoxy) is 1. The van der Waals surface area contributed by atoms with Crippen LogP contribution < -0.4 is 10.6 Å². The topological polar surface area (TPSA) is 65.9 Å². The van der Waals surface area contributed by atoms with Crippen molar-refractivity contribution in [2.45, 2.75) is 70.1 Å². The minimum absolute atomic E-state index is 0. The molecule has 0 spiro atoms. The van der Waals surface area contributed by atoms with Crippen LogP contribution in [-0.2, 0) is 4.74 Å². The molecule has 0 amide bonds. The van der Waals surface area contributed by atoms with Crippen molar-refractivity contribution >= 4 is 29.9 Å². The Balaban J connectivity index is 0.00000192. The summed E-state index contributed by atoms with van der Waals surface area (Å²) in [6.45, 7) is 5.99. The Bertz CT molecular complexity index is 436. The average molecular weight is 437 g/mol. The molecule has 3 N–H and O–H groups in total. The maximum atomic E-state index is 10.6. The number of hydrogen-bond donors (Lipinski definition) is 3. The lowest BCUT2D eigenvalue weighted by Gasteiger charge is -2.55. The Labute approximate surface area is 157 Å². The first-order valence-electron chi connectivity index (χ1n) is 8.77. The van der Waals surface area contributed by atoms with Gasteiger partial charge in [0.25, 0.3) is 0 Å². The Kier molecular flexibility index (Phi) is 6.22. The fraction of sp³-hybridized carbons (Fsp3) is 0.941. The first-order valence-corrected chi connectivity index (χ1v) is 8.77. The van der Waals surface area contributed by atoms with E-state index in [4.69, 9.17) is 4.74 Å². The number of nitrogens with one attached hydrogen (secondary N) is 2.